The number of fused-ring (bicyclic) bond motifs is 3. The van der Waals surface area contributed by atoms with Gasteiger partial charge in [-0.1, -0.05) is 51.3 Å². The summed E-state index contributed by atoms with van der Waals surface area (Å²) in [5.41, 5.74) is 11.8. The molecule has 1 aromatic carbocycles. The summed E-state index contributed by atoms with van der Waals surface area (Å²) in [4.78, 5) is 0. The van der Waals surface area contributed by atoms with Crippen molar-refractivity contribution < 1.29 is 5.11 Å². The number of nitrogens with two attached hydrogens (primary N) is 1. The van der Waals surface area contributed by atoms with Crippen LogP contribution in [0.2, 0.25) is 0 Å². The number of hydrogen-bond donors (Lipinski definition) is 2. The van der Waals surface area contributed by atoms with E-state index in [1.807, 2.05) is 6.07 Å². The van der Waals surface area contributed by atoms with Gasteiger partial charge in [-0.2, -0.15) is 0 Å². The molecule has 24 heavy (non-hydrogen) atoms. The van der Waals surface area contributed by atoms with Crippen molar-refractivity contribution in [2.75, 3.05) is 0 Å². The molecule has 2 atom stereocenters. The Morgan fingerprint density at radius 2 is 2.00 bits per heavy atom. The molecule has 2 aliphatic rings. The smallest absolute Gasteiger partial charge is 0.119 e. The standard InChI is InChI=1S/C22H33NO/c1-5-6-7-8-16-12-17-14-21(3,4)22(23)10-9-15(2)11-18(22)20(17)19(24)13-16/h11-13,18,24H,5-10,14,23H2,1-4H3. The van der Waals surface area contributed by atoms with Crippen LogP contribution in [0.15, 0.2) is 23.8 Å². The normalized spacial score (nSPS) is 28.0. The first kappa shape index (κ1) is 17.5. The zero-order chi connectivity index (χ0) is 17.5. The van der Waals surface area contributed by atoms with Crippen molar-refractivity contribution in [3.63, 3.8) is 0 Å². The predicted molar refractivity (Wildman–Crippen MR) is 101 cm³/mol. The average Bonchev–Trinajstić information content (AvgIpc) is 2.49. The maximum absolute atomic E-state index is 10.8. The molecule has 3 rings (SSSR count). The molecule has 2 heteroatoms. The fraction of sp³-hybridized carbons (Fsp3) is 0.636. The monoisotopic (exact) mass is 327 g/mol. The number of phenolic OH excluding ortho intramolecular Hbond substituents is 1. The first-order valence-electron chi connectivity index (χ1n) is 9.59. The molecule has 0 saturated carbocycles. The van der Waals surface area contributed by atoms with Crippen LogP contribution in [-0.4, -0.2) is 10.6 Å². The number of aromatic hydroxyl groups is 1. The highest BCUT2D eigenvalue weighted by Crippen LogP contribution is 2.55. The van der Waals surface area contributed by atoms with Crippen LogP contribution in [0.3, 0.4) is 0 Å². The number of allylic oxidation sites excluding steroid dienone is 1. The van der Waals surface area contributed by atoms with Crippen molar-refractivity contribution in [1.82, 2.24) is 0 Å². The summed E-state index contributed by atoms with van der Waals surface area (Å²) in [5, 5.41) is 10.8. The molecule has 0 radical (unpaired) electrons. The zero-order valence-corrected chi connectivity index (χ0v) is 15.8. The summed E-state index contributed by atoms with van der Waals surface area (Å²) >= 11 is 0. The highest BCUT2D eigenvalue weighted by molar-refractivity contribution is 5.53. The van der Waals surface area contributed by atoms with Gasteiger partial charge in [-0.3, -0.25) is 0 Å². The average molecular weight is 328 g/mol. The fourth-order valence-electron chi connectivity index (χ4n) is 4.81. The molecule has 2 nitrogen and oxygen atoms in total. The molecular formula is C22H33NO. The van der Waals surface area contributed by atoms with Crippen LogP contribution in [0.1, 0.15) is 82.4 Å². The van der Waals surface area contributed by atoms with Gasteiger partial charge >= 0.3 is 0 Å². The molecule has 2 unspecified atom stereocenters. The second kappa shape index (κ2) is 6.22. The van der Waals surface area contributed by atoms with Crippen LogP contribution in [0.5, 0.6) is 5.75 Å². The summed E-state index contributed by atoms with van der Waals surface area (Å²) in [6, 6.07) is 4.33. The van der Waals surface area contributed by atoms with Crippen molar-refractivity contribution in [3.8, 4) is 5.75 Å². The van der Waals surface area contributed by atoms with Crippen molar-refractivity contribution >= 4 is 0 Å². The molecular weight excluding hydrogens is 294 g/mol. The Labute approximate surface area is 147 Å². The van der Waals surface area contributed by atoms with Gasteiger partial charge in [0.15, 0.2) is 0 Å². The Balaban J connectivity index is 2.05. The van der Waals surface area contributed by atoms with Gasteiger partial charge in [-0.25, -0.2) is 0 Å². The van der Waals surface area contributed by atoms with E-state index in [9.17, 15) is 5.11 Å². The lowest BCUT2D eigenvalue weighted by Crippen LogP contribution is -2.60. The molecule has 0 heterocycles. The summed E-state index contributed by atoms with van der Waals surface area (Å²) in [7, 11) is 0. The van der Waals surface area contributed by atoms with E-state index in [1.165, 1.54) is 36.0 Å². The maximum atomic E-state index is 10.8. The van der Waals surface area contributed by atoms with E-state index < -0.39 is 0 Å². The third kappa shape index (κ3) is 2.79. The van der Waals surface area contributed by atoms with Gasteiger partial charge in [0.25, 0.3) is 0 Å². The minimum absolute atomic E-state index is 0.0380. The molecule has 0 amide bonds. The summed E-state index contributed by atoms with van der Waals surface area (Å²) in [5.74, 6) is 0.593. The minimum Gasteiger partial charge on any atom is -0.508 e. The van der Waals surface area contributed by atoms with Crippen LogP contribution in [0.25, 0.3) is 0 Å². The summed E-state index contributed by atoms with van der Waals surface area (Å²) in [6.45, 7) is 9.03. The highest BCUT2D eigenvalue weighted by atomic mass is 16.3. The van der Waals surface area contributed by atoms with Gasteiger partial charge < -0.3 is 10.8 Å². The molecule has 0 aromatic heterocycles. The van der Waals surface area contributed by atoms with E-state index in [4.69, 9.17) is 5.73 Å². The number of unbranched alkanes of at least 4 members (excludes halogenated alkanes) is 2. The molecule has 0 spiro atoms. The minimum atomic E-state index is -0.263. The fourth-order valence-corrected chi connectivity index (χ4v) is 4.81. The lowest BCUT2D eigenvalue weighted by atomic mass is 9.53. The molecule has 2 aliphatic carbocycles. The van der Waals surface area contributed by atoms with E-state index in [1.54, 1.807) is 0 Å². The first-order valence-corrected chi connectivity index (χ1v) is 9.59. The Morgan fingerprint density at radius 1 is 1.25 bits per heavy atom. The highest BCUT2D eigenvalue weighted by Gasteiger charge is 2.52. The van der Waals surface area contributed by atoms with Crippen molar-refractivity contribution in [2.45, 2.75) is 84.1 Å². The van der Waals surface area contributed by atoms with Crippen molar-refractivity contribution in [3.05, 3.63) is 40.5 Å². The SMILES string of the molecule is CCCCCc1cc(O)c2c(c1)CC(C)(C)C1(N)CCC(C)=CC21. The number of benzene rings is 1. The van der Waals surface area contributed by atoms with Gasteiger partial charge in [-0.05, 0) is 61.6 Å². The second-order valence-corrected chi connectivity index (χ2v) is 8.74. The number of aryl methyl sites for hydroxylation is 1. The van der Waals surface area contributed by atoms with Gasteiger partial charge in [0.2, 0.25) is 0 Å². The maximum Gasteiger partial charge on any atom is 0.119 e. The Morgan fingerprint density at radius 3 is 2.71 bits per heavy atom. The van der Waals surface area contributed by atoms with Gasteiger partial charge in [0, 0.05) is 17.0 Å². The van der Waals surface area contributed by atoms with E-state index in [-0.39, 0.29) is 16.9 Å². The Hall–Kier alpha value is -1.28. The van der Waals surface area contributed by atoms with Crippen LogP contribution in [-0.2, 0) is 12.8 Å². The predicted octanol–water partition coefficient (Wildman–Crippen LogP) is 5.23. The lowest BCUT2D eigenvalue weighted by Gasteiger charge is -2.54. The molecule has 0 fully saturated rings. The van der Waals surface area contributed by atoms with E-state index in [2.05, 4.69) is 39.8 Å². The van der Waals surface area contributed by atoms with Gasteiger partial charge in [0.05, 0.1) is 0 Å². The molecule has 0 bridgehead atoms. The molecule has 0 aliphatic heterocycles. The van der Waals surface area contributed by atoms with E-state index >= 15 is 0 Å². The van der Waals surface area contributed by atoms with E-state index in [0.717, 1.165) is 31.2 Å². The third-order valence-corrected chi connectivity index (χ3v) is 6.52. The second-order valence-electron chi connectivity index (χ2n) is 8.74. The number of rotatable bonds is 4. The molecule has 1 aromatic rings. The van der Waals surface area contributed by atoms with Gasteiger partial charge in [0.1, 0.15) is 5.75 Å². The van der Waals surface area contributed by atoms with Crippen LogP contribution < -0.4 is 5.73 Å². The van der Waals surface area contributed by atoms with Crippen LogP contribution in [0.4, 0.5) is 0 Å². The summed E-state index contributed by atoms with van der Waals surface area (Å²) in [6.07, 6.45) is 10.1. The van der Waals surface area contributed by atoms with Gasteiger partial charge in [-0.15, -0.1) is 0 Å². The lowest BCUT2D eigenvalue weighted by molar-refractivity contribution is 0.112. The van der Waals surface area contributed by atoms with E-state index in [0.29, 0.717) is 5.75 Å². The quantitative estimate of drug-likeness (QED) is 0.587. The summed E-state index contributed by atoms with van der Waals surface area (Å²) < 4.78 is 0. The number of hydrogen-bond acceptors (Lipinski definition) is 2. The number of phenols is 1. The molecule has 3 N–H and O–H groups in total. The van der Waals surface area contributed by atoms with Crippen LogP contribution in [0, 0.1) is 5.41 Å². The largest absolute Gasteiger partial charge is 0.508 e. The van der Waals surface area contributed by atoms with Crippen molar-refractivity contribution in [2.24, 2.45) is 11.1 Å². The first-order chi connectivity index (χ1) is 11.3. The Bertz CT molecular complexity index is 658. The van der Waals surface area contributed by atoms with Crippen LogP contribution >= 0.6 is 0 Å². The topological polar surface area (TPSA) is 46.2 Å². The Kier molecular flexibility index (Phi) is 4.55. The third-order valence-electron chi connectivity index (χ3n) is 6.52. The molecule has 0 saturated heterocycles. The molecule has 132 valence electrons. The van der Waals surface area contributed by atoms with Crippen molar-refractivity contribution in [1.29, 1.82) is 0 Å². The zero-order valence-electron chi connectivity index (χ0n) is 15.8.